The summed E-state index contributed by atoms with van der Waals surface area (Å²) >= 11 is 1.19. The first-order valence-corrected chi connectivity index (χ1v) is 6.95. The van der Waals surface area contributed by atoms with Crippen LogP contribution in [0.4, 0.5) is 10.8 Å². The number of hydrogen-bond donors (Lipinski definition) is 1. The van der Waals surface area contributed by atoms with Crippen LogP contribution in [0.5, 0.6) is 0 Å². The maximum Gasteiger partial charge on any atom is 0.276 e. The molecule has 2 aromatic rings. The predicted octanol–water partition coefficient (Wildman–Crippen LogP) is 2.24. The second kappa shape index (κ2) is 7.38. The summed E-state index contributed by atoms with van der Waals surface area (Å²) in [5.41, 5.74) is 0.282. The summed E-state index contributed by atoms with van der Waals surface area (Å²) in [7, 11) is 1.54. The van der Waals surface area contributed by atoms with Crippen LogP contribution in [0.25, 0.3) is 6.08 Å². The number of carbonyl (C=O) groups is 1. The Bertz CT molecular complexity index is 714. The minimum Gasteiger partial charge on any atom is -0.377 e. The van der Waals surface area contributed by atoms with Crippen molar-refractivity contribution in [1.82, 2.24) is 10.2 Å². The fourth-order valence-electron chi connectivity index (χ4n) is 1.59. The van der Waals surface area contributed by atoms with Gasteiger partial charge in [-0.15, -0.1) is 10.2 Å². The van der Waals surface area contributed by atoms with Gasteiger partial charge in [0.2, 0.25) is 11.0 Å². The lowest BCUT2D eigenvalue weighted by molar-refractivity contribution is -0.385. The Morgan fingerprint density at radius 1 is 1.45 bits per heavy atom. The molecule has 9 heteroatoms. The SMILES string of the molecule is COCc1nnc(NC(=O)/C=C/c2ccccc2[N+](=O)[O-])s1. The monoisotopic (exact) mass is 320 g/mol. The fraction of sp³-hybridized carbons (Fsp3) is 0.154. The van der Waals surface area contributed by atoms with Crippen molar-refractivity contribution in [2.45, 2.75) is 6.61 Å². The lowest BCUT2D eigenvalue weighted by Gasteiger charge is -1.97. The van der Waals surface area contributed by atoms with Crippen molar-refractivity contribution >= 4 is 34.1 Å². The Kier molecular flexibility index (Phi) is 5.28. The van der Waals surface area contributed by atoms with Gasteiger partial charge in [-0.05, 0) is 12.1 Å². The number of aromatic nitrogens is 2. The third kappa shape index (κ3) is 4.17. The lowest BCUT2D eigenvalue weighted by atomic mass is 10.1. The van der Waals surface area contributed by atoms with E-state index in [4.69, 9.17) is 4.74 Å². The first-order valence-electron chi connectivity index (χ1n) is 6.14. The molecule has 0 atom stereocenters. The molecule has 1 aromatic carbocycles. The number of rotatable bonds is 6. The number of nitrogens with one attached hydrogen (secondary N) is 1. The van der Waals surface area contributed by atoms with Gasteiger partial charge in [0.05, 0.1) is 10.5 Å². The van der Waals surface area contributed by atoms with Gasteiger partial charge in [-0.25, -0.2) is 0 Å². The number of benzene rings is 1. The summed E-state index contributed by atoms with van der Waals surface area (Å²) in [4.78, 5) is 22.1. The molecular formula is C13H12N4O4S. The van der Waals surface area contributed by atoms with E-state index in [0.29, 0.717) is 22.3 Å². The minimum atomic E-state index is -0.501. The zero-order valence-electron chi connectivity index (χ0n) is 11.6. The second-order valence-electron chi connectivity index (χ2n) is 4.07. The van der Waals surface area contributed by atoms with Gasteiger partial charge in [-0.2, -0.15) is 0 Å². The summed E-state index contributed by atoms with van der Waals surface area (Å²) in [5.74, 6) is -0.446. The van der Waals surface area contributed by atoms with E-state index in [2.05, 4.69) is 15.5 Å². The van der Waals surface area contributed by atoms with Gasteiger partial charge in [-0.3, -0.25) is 20.2 Å². The van der Waals surface area contributed by atoms with Gasteiger partial charge in [0, 0.05) is 19.3 Å². The Morgan fingerprint density at radius 2 is 2.23 bits per heavy atom. The van der Waals surface area contributed by atoms with Gasteiger partial charge in [0.1, 0.15) is 11.6 Å². The largest absolute Gasteiger partial charge is 0.377 e. The molecule has 0 spiro atoms. The fourth-order valence-corrected chi connectivity index (χ4v) is 2.31. The molecule has 1 amide bonds. The molecule has 114 valence electrons. The van der Waals surface area contributed by atoms with Crippen molar-refractivity contribution in [2.24, 2.45) is 0 Å². The molecule has 22 heavy (non-hydrogen) atoms. The van der Waals surface area contributed by atoms with Crippen molar-refractivity contribution in [3.63, 3.8) is 0 Å². The Morgan fingerprint density at radius 3 is 2.95 bits per heavy atom. The summed E-state index contributed by atoms with van der Waals surface area (Å²) in [5, 5.41) is 22.0. The first-order chi connectivity index (χ1) is 10.6. The standard InChI is InChI=1S/C13H12N4O4S/c1-21-8-12-15-16-13(22-12)14-11(18)7-6-9-4-2-3-5-10(9)17(19)20/h2-7H,8H2,1H3,(H,14,16,18)/b7-6+. The molecule has 0 aliphatic carbocycles. The minimum absolute atomic E-state index is 0.0650. The Labute approximate surface area is 129 Å². The number of amides is 1. The first kappa shape index (κ1) is 15.7. The van der Waals surface area contributed by atoms with E-state index in [1.807, 2.05) is 0 Å². The van der Waals surface area contributed by atoms with Gasteiger partial charge in [0.25, 0.3) is 5.69 Å². The molecule has 1 heterocycles. The molecule has 1 N–H and O–H groups in total. The maximum absolute atomic E-state index is 11.8. The van der Waals surface area contributed by atoms with Crippen LogP contribution in [0.2, 0.25) is 0 Å². The highest BCUT2D eigenvalue weighted by atomic mass is 32.1. The van der Waals surface area contributed by atoms with Crippen LogP contribution in [0, 0.1) is 10.1 Å². The van der Waals surface area contributed by atoms with Crippen LogP contribution in [0.15, 0.2) is 30.3 Å². The summed E-state index contributed by atoms with van der Waals surface area (Å²) in [6.07, 6.45) is 2.59. The highest BCUT2D eigenvalue weighted by molar-refractivity contribution is 7.15. The number of nitro benzene ring substituents is 1. The van der Waals surface area contributed by atoms with Gasteiger partial charge < -0.3 is 4.74 Å². The molecule has 8 nitrogen and oxygen atoms in total. The topological polar surface area (TPSA) is 107 Å². The molecule has 0 unspecified atom stereocenters. The number of para-hydroxylation sites is 1. The average molecular weight is 320 g/mol. The van der Waals surface area contributed by atoms with Crippen molar-refractivity contribution in [3.8, 4) is 0 Å². The van der Waals surface area contributed by atoms with Crippen molar-refractivity contribution in [2.75, 3.05) is 12.4 Å². The Hall–Kier alpha value is -2.65. The van der Waals surface area contributed by atoms with Gasteiger partial charge >= 0.3 is 0 Å². The molecule has 0 radical (unpaired) electrons. The summed E-state index contributed by atoms with van der Waals surface area (Å²) in [6, 6.07) is 6.16. The number of hydrogen-bond acceptors (Lipinski definition) is 7. The van der Waals surface area contributed by atoms with Crippen LogP contribution >= 0.6 is 11.3 Å². The highest BCUT2D eigenvalue weighted by Gasteiger charge is 2.10. The van der Waals surface area contributed by atoms with Crippen LogP contribution in [0.3, 0.4) is 0 Å². The molecule has 2 rings (SSSR count). The average Bonchev–Trinajstić information content (AvgIpc) is 2.93. The van der Waals surface area contributed by atoms with E-state index in [-0.39, 0.29) is 5.69 Å². The summed E-state index contributed by atoms with van der Waals surface area (Å²) in [6.45, 7) is 0.319. The number of nitrogens with zero attached hydrogens (tertiary/aromatic N) is 3. The van der Waals surface area contributed by atoms with Crippen LogP contribution in [-0.2, 0) is 16.1 Å². The van der Waals surface area contributed by atoms with Crippen molar-refractivity contribution < 1.29 is 14.5 Å². The molecule has 0 bridgehead atoms. The molecule has 0 saturated heterocycles. The number of anilines is 1. The Balaban J connectivity index is 2.03. The zero-order valence-corrected chi connectivity index (χ0v) is 12.4. The zero-order chi connectivity index (χ0) is 15.9. The lowest BCUT2D eigenvalue weighted by Crippen LogP contribution is -2.07. The molecular weight excluding hydrogens is 308 g/mol. The molecule has 0 aliphatic heterocycles. The van der Waals surface area contributed by atoms with Crippen molar-refractivity contribution in [3.05, 3.63) is 51.0 Å². The normalized spacial score (nSPS) is 10.8. The molecule has 1 aromatic heterocycles. The molecule has 0 saturated carbocycles. The molecule has 0 aliphatic rings. The van der Waals surface area contributed by atoms with Crippen molar-refractivity contribution in [1.29, 1.82) is 0 Å². The van der Waals surface area contributed by atoms with Crippen LogP contribution in [0.1, 0.15) is 10.6 Å². The number of carbonyl (C=O) groups excluding carboxylic acids is 1. The number of methoxy groups -OCH3 is 1. The third-order valence-electron chi connectivity index (χ3n) is 2.51. The quantitative estimate of drug-likeness (QED) is 0.497. The van der Waals surface area contributed by atoms with E-state index in [0.717, 1.165) is 0 Å². The molecule has 0 fully saturated rings. The smallest absolute Gasteiger partial charge is 0.276 e. The predicted molar refractivity (Wildman–Crippen MR) is 81.4 cm³/mol. The van der Waals surface area contributed by atoms with Gasteiger partial charge in [-0.1, -0.05) is 23.5 Å². The highest BCUT2D eigenvalue weighted by Crippen LogP contribution is 2.19. The van der Waals surface area contributed by atoms with E-state index < -0.39 is 10.8 Å². The van der Waals surface area contributed by atoms with Crippen LogP contribution in [-0.4, -0.2) is 28.1 Å². The maximum atomic E-state index is 11.8. The summed E-state index contributed by atoms with van der Waals surface area (Å²) < 4.78 is 4.90. The van der Waals surface area contributed by atoms with E-state index >= 15 is 0 Å². The van der Waals surface area contributed by atoms with E-state index in [1.165, 1.54) is 36.7 Å². The number of ether oxygens (including phenoxy) is 1. The number of nitro groups is 1. The third-order valence-corrected chi connectivity index (χ3v) is 3.32. The van der Waals surface area contributed by atoms with Crippen LogP contribution < -0.4 is 5.32 Å². The van der Waals surface area contributed by atoms with E-state index in [9.17, 15) is 14.9 Å². The van der Waals surface area contributed by atoms with Gasteiger partial charge in [0.15, 0.2) is 0 Å². The second-order valence-corrected chi connectivity index (χ2v) is 5.13. The van der Waals surface area contributed by atoms with E-state index in [1.54, 1.807) is 18.2 Å².